The van der Waals surface area contributed by atoms with Gasteiger partial charge in [-0.25, -0.2) is 4.79 Å². The van der Waals surface area contributed by atoms with Crippen molar-refractivity contribution in [3.63, 3.8) is 0 Å². The summed E-state index contributed by atoms with van der Waals surface area (Å²) in [5, 5.41) is 8.76. The number of thiol groups is 1. The van der Waals surface area contributed by atoms with Crippen molar-refractivity contribution in [3.05, 3.63) is 28.8 Å². The molecule has 1 N–H and O–H groups in total. The van der Waals surface area contributed by atoms with Gasteiger partial charge in [-0.1, -0.05) is 0 Å². The van der Waals surface area contributed by atoms with Crippen molar-refractivity contribution in [1.29, 1.82) is 0 Å². The molecule has 64 valence electrons. The molecule has 0 fully saturated rings. The average Bonchev–Trinajstić information content (AvgIpc) is 1.96. The first-order valence-electron chi connectivity index (χ1n) is 3.56. The molecule has 0 radical (unpaired) electrons. The smallest absolute Gasteiger partial charge is 0.335 e. The van der Waals surface area contributed by atoms with Gasteiger partial charge in [0, 0.05) is 4.90 Å². The molecule has 0 heterocycles. The Bertz CT molecular complexity index is 332. The fourth-order valence-corrected chi connectivity index (χ4v) is 1.29. The van der Waals surface area contributed by atoms with Crippen LogP contribution in [0.3, 0.4) is 0 Å². The molecule has 12 heavy (non-hydrogen) atoms. The van der Waals surface area contributed by atoms with Gasteiger partial charge in [-0.3, -0.25) is 0 Å². The van der Waals surface area contributed by atoms with E-state index in [4.69, 9.17) is 5.11 Å². The molecular formula is C9H10O2S. The van der Waals surface area contributed by atoms with Gasteiger partial charge >= 0.3 is 5.97 Å². The van der Waals surface area contributed by atoms with Gasteiger partial charge in [0.15, 0.2) is 0 Å². The minimum Gasteiger partial charge on any atom is -0.478 e. The fourth-order valence-electron chi connectivity index (χ4n) is 1.03. The zero-order chi connectivity index (χ0) is 9.30. The lowest BCUT2D eigenvalue weighted by Crippen LogP contribution is -2.00. The molecule has 0 amide bonds. The Morgan fingerprint density at radius 3 is 2.42 bits per heavy atom. The van der Waals surface area contributed by atoms with Crippen LogP contribution in [-0.4, -0.2) is 11.1 Å². The maximum absolute atomic E-state index is 10.7. The molecule has 0 unspecified atom stereocenters. The quantitative estimate of drug-likeness (QED) is 0.654. The summed E-state index contributed by atoms with van der Waals surface area (Å²) >= 11 is 4.19. The lowest BCUT2D eigenvalue weighted by molar-refractivity contribution is 0.0696. The molecule has 1 aromatic carbocycles. The molecule has 0 aliphatic rings. The second kappa shape index (κ2) is 3.19. The van der Waals surface area contributed by atoms with Gasteiger partial charge in [-0.2, -0.15) is 0 Å². The molecule has 1 rings (SSSR count). The molecule has 0 bridgehead atoms. The first kappa shape index (κ1) is 9.13. The number of rotatable bonds is 1. The Kier molecular flexibility index (Phi) is 2.43. The third-order valence-electron chi connectivity index (χ3n) is 1.77. The van der Waals surface area contributed by atoms with Gasteiger partial charge in [-0.15, -0.1) is 12.6 Å². The third-order valence-corrected chi connectivity index (χ3v) is 2.26. The second-order valence-electron chi connectivity index (χ2n) is 2.76. The molecule has 0 aliphatic carbocycles. The zero-order valence-electron chi connectivity index (χ0n) is 6.96. The van der Waals surface area contributed by atoms with Crippen LogP contribution in [0.4, 0.5) is 0 Å². The number of benzene rings is 1. The molecule has 2 nitrogen and oxygen atoms in total. The summed E-state index contributed by atoms with van der Waals surface area (Å²) in [6.07, 6.45) is 0. The highest BCUT2D eigenvalue weighted by Crippen LogP contribution is 2.18. The van der Waals surface area contributed by atoms with Crippen molar-refractivity contribution in [3.8, 4) is 0 Å². The van der Waals surface area contributed by atoms with E-state index in [-0.39, 0.29) is 0 Å². The van der Waals surface area contributed by atoms with Crippen molar-refractivity contribution in [2.45, 2.75) is 18.7 Å². The monoisotopic (exact) mass is 182 g/mol. The molecule has 0 aliphatic heterocycles. The largest absolute Gasteiger partial charge is 0.478 e. The highest BCUT2D eigenvalue weighted by Gasteiger charge is 2.07. The summed E-state index contributed by atoms with van der Waals surface area (Å²) in [6, 6.07) is 3.40. The molecule has 1 aromatic rings. The van der Waals surface area contributed by atoms with Crippen molar-refractivity contribution >= 4 is 18.6 Å². The molecule has 0 atom stereocenters. The summed E-state index contributed by atoms with van der Waals surface area (Å²) in [5.74, 6) is -0.885. The number of carboxylic acids is 1. The number of carbonyl (C=O) groups is 1. The minimum absolute atomic E-state index is 0.352. The zero-order valence-corrected chi connectivity index (χ0v) is 7.85. The van der Waals surface area contributed by atoms with E-state index >= 15 is 0 Å². The standard InChI is InChI=1S/C9H10O2S/c1-5-4-8(12)6(2)3-7(5)9(10)11/h3-4,12H,1-2H3,(H,10,11). The van der Waals surface area contributed by atoms with Gasteiger partial charge in [0.25, 0.3) is 0 Å². The van der Waals surface area contributed by atoms with Gasteiger partial charge in [0.1, 0.15) is 0 Å². The highest BCUT2D eigenvalue weighted by atomic mass is 32.1. The van der Waals surface area contributed by atoms with Crippen LogP contribution in [0.1, 0.15) is 21.5 Å². The maximum atomic E-state index is 10.7. The lowest BCUT2D eigenvalue weighted by atomic mass is 10.1. The summed E-state index contributed by atoms with van der Waals surface area (Å²) in [4.78, 5) is 11.5. The van der Waals surface area contributed by atoms with E-state index < -0.39 is 5.97 Å². The summed E-state index contributed by atoms with van der Waals surface area (Å²) in [5.41, 5.74) is 1.99. The SMILES string of the molecule is Cc1cc(C(=O)O)c(C)cc1S. The highest BCUT2D eigenvalue weighted by molar-refractivity contribution is 7.80. The maximum Gasteiger partial charge on any atom is 0.335 e. The predicted octanol–water partition coefficient (Wildman–Crippen LogP) is 2.29. The Hall–Kier alpha value is -0.960. The number of carboxylic acid groups (broad SMARTS) is 1. The van der Waals surface area contributed by atoms with Crippen LogP contribution in [0.25, 0.3) is 0 Å². The first-order valence-corrected chi connectivity index (χ1v) is 4.00. The van der Waals surface area contributed by atoms with Gasteiger partial charge in [0.2, 0.25) is 0 Å². The van der Waals surface area contributed by atoms with E-state index in [1.54, 1.807) is 19.1 Å². The van der Waals surface area contributed by atoms with E-state index in [0.717, 1.165) is 16.0 Å². The topological polar surface area (TPSA) is 37.3 Å². The van der Waals surface area contributed by atoms with Gasteiger partial charge in [-0.05, 0) is 37.1 Å². The fraction of sp³-hybridized carbons (Fsp3) is 0.222. The van der Waals surface area contributed by atoms with E-state index in [1.165, 1.54) is 0 Å². The van der Waals surface area contributed by atoms with Crippen molar-refractivity contribution in [2.24, 2.45) is 0 Å². The molecule has 3 heteroatoms. The lowest BCUT2D eigenvalue weighted by Gasteiger charge is -2.04. The van der Waals surface area contributed by atoms with E-state index in [2.05, 4.69) is 12.6 Å². The molecule has 0 aromatic heterocycles. The third kappa shape index (κ3) is 1.61. The Morgan fingerprint density at radius 2 is 1.92 bits per heavy atom. The van der Waals surface area contributed by atoms with Crippen molar-refractivity contribution < 1.29 is 9.90 Å². The molecular weight excluding hydrogens is 172 g/mol. The van der Waals surface area contributed by atoms with Crippen LogP contribution in [0.15, 0.2) is 17.0 Å². The van der Waals surface area contributed by atoms with Gasteiger partial charge in [0.05, 0.1) is 5.56 Å². The van der Waals surface area contributed by atoms with Crippen LogP contribution in [0, 0.1) is 13.8 Å². The second-order valence-corrected chi connectivity index (χ2v) is 3.24. The first-order chi connectivity index (χ1) is 5.52. The predicted molar refractivity (Wildman–Crippen MR) is 50.1 cm³/mol. The number of hydrogen-bond acceptors (Lipinski definition) is 2. The summed E-state index contributed by atoms with van der Waals surface area (Å²) in [7, 11) is 0. The van der Waals surface area contributed by atoms with Crippen LogP contribution in [-0.2, 0) is 0 Å². The van der Waals surface area contributed by atoms with E-state index in [0.29, 0.717) is 5.56 Å². The summed E-state index contributed by atoms with van der Waals surface area (Å²) < 4.78 is 0. The summed E-state index contributed by atoms with van der Waals surface area (Å²) in [6.45, 7) is 3.61. The average molecular weight is 182 g/mol. The minimum atomic E-state index is -0.885. The van der Waals surface area contributed by atoms with Crippen LogP contribution < -0.4 is 0 Å². The number of hydrogen-bond donors (Lipinski definition) is 2. The normalized spacial score (nSPS) is 9.92. The van der Waals surface area contributed by atoms with Crippen molar-refractivity contribution in [1.82, 2.24) is 0 Å². The van der Waals surface area contributed by atoms with Crippen LogP contribution in [0.5, 0.6) is 0 Å². The van der Waals surface area contributed by atoms with Crippen molar-refractivity contribution in [2.75, 3.05) is 0 Å². The molecule has 0 saturated carbocycles. The van der Waals surface area contributed by atoms with E-state index in [9.17, 15) is 4.79 Å². The van der Waals surface area contributed by atoms with Gasteiger partial charge < -0.3 is 5.11 Å². The molecule has 0 spiro atoms. The van der Waals surface area contributed by atoms with Crippen LogP contribution >= 0.6 is 12.6 Å². The van der Waals surface area contributed by atoms with Crippen LogP contribution in [0.2, 0.25) is 0 Å². The molecule has 0 saturated heterocycles. The van der Waals surface area contributed by atoms with E-state index in [1.807, 2.05) is 6.92 Å². The Balaban J connectivity index is 3.33. The Labute approximate surface area is 76.6 Å². The number of aromatic carboxylic acids is 1. The Morgan fingerprint density at radius 1 is 1.33 bits per heavy atom. The number of aryl methyl sites for hydroxylation is 2.